The van der Waals surface area contributed by atoms with Crippen molar-refractivity contribution < 1.29 is 4.79 Å². The second-order valence-corrected chi connectivity index (χ2v) is 5.05. The normalized spacial score (nSPS) is 13.1. The molecule has 0 saturated heterocycles. The number of nitrogens with two attached hydrogens (primary N) is 1. The number of carbonyl (C=O) groups is 1. The maximum atomic E-state index is 12.2. The molecule has 0 spiro atoms. The van der Waals surface area contributed by atoms with Crippen molar-refractivity contribution in [3.63, 3.8) is 0 Å². The van der Waals surface area contributed by atoms with Crippen molar-refractivity contribution in [3.05, 3.63) is 58.8 Å². The van der Waals surface area contributed by atoms with Crippen molar-refractivity contribution in [2.75, 3.05) is 5.32 Å². The Balaban J connectivity index is 1.75. The number of carbonyl (C=O) groups excluding carboxylic acids is 1. The van der Waals surface area contributed by atoms with E-state index in [-0.39, 0.29) is 5.91 Å². The van der Waals surface area contributed by atoms with E-state index in [2.05, 4.69) is 16.4 Å². The molecule has 102 valence electrons. The number of nitrogens with one attached hydrogen (secondary N) is 1. The summed E-state index contributed by atoms with van der Waals surface area (Å²) in [5.41, 5.74) is 9.81. The summed E-state index contributed by atoms with van der Waals surface area (Å²) in [4.78, 5) is 16.4. The molecule has 1 heterocycles. The number of benzene rings is 1. The topological polar surface area (TPSA) is 68.0 Å². The SMILES string of the molecule is NCc1ccc(NC(=O)c2ccc3c(c2)CCC3)nc1. The number of fused-ring (bicyclic) bond motifs is 1. The predicted octanol–water partition coefficient (Wildman–Crippen LogP) is 2.28. The Morgan fingerprint density at radius 1 is 1.20 bits per heavy atom. The third-order valence-corrected chi connectivity index (χ3v) is 3.66. The van der Waals surface area contributed by atoms with Gasteiger partial charge in [0.05, 0.1) is 0 Å². The molecule has 1 aromatic carbocycles. The Morgan fingerprint density at radius 3 is 2.80 bits per heavy atom. The van der Waals surface area contributed by atoms with Crippen LogP contribution in [-0.2, 0) is 19.4 Å². The van der Waals surface area contributed by atoms with Crippen molar-refractivity contribution in [3.8, 4) is 0 Å². The molecule has 3 N–H and O–H groups in total. The number of rotatable bonds is 3. The first-order valence-electron chi connectivity index (χ1n) is 6.84. The van der Waals surface area contributed by atoms with E-state index in [4.69, 9.17) is 5.73 Å². The van der Waals surface area contributed by atoms with Crippen LogP contribution < -0.4 is 11.1 Å². The molecule has 0 unspecified atom stereocenters. The molecule has 0 aliphatic heterocycles. The number of amides is 1. The second-order valence-electron chi connectivity index (χ2n) is 5.05. The zero-order valence-corrected chi connectivity index (χ0v) is 11.2. The van der Waals surface area contributed by atoms with Crippen molar-refractivity contribution in [1.29, 1.82) is 0 Å². The maximum Gasteiger partial charge on any atom is 0.256 e. The van der Waals surface area contributed by atoms with Gasteiger partial charge < -0.3 is 11.1 Å². The standard InChI is InChI=1S/C16H17N3O/c17-9-11-4-7-15(18-10-11)19-16(20)14-6-5-12-2-1-3-13(12)8-14/h4-8,10H,1-3,9,17H2,(H,18,19,20). The lowest BCUT2D eigenvalue weighted by Crippen LogP contribution is -2.13. The molecule has 20 heavy (non-hydrogen) atoms. The smallest absolute Gasteiger partial charge is 0.256 e. The van der Waals surface area contributed by atoms with Crippen LogP contribution in [0.5, 0.6) is 0 Å². The van der Waals surface area contributed by atoms with Gasteiger partial charge in [-0.2, -0.15) is 0 Å². The molecule has 3 rings (SSSR count). The first kappa shape index (κ1) is 12.8. The number of hydrogen-bond acceptors (Lipinski definition) is 3. The minimum atomic E-state index is -0.118. The number of pyridine rings is 1. The Labute approximate surface area is 118 Å². The molecular weight excluding hydrogens is 250 g/mol. The monoisotopic (exact) mass is 267 g/mol. The van der Waals surface area contributed by atoms with Crippen molar-refractivity contribution in [2.24, 2.45) is 5.73 Å². The van der Waals surface area contributed by atoms with Crippen LogP contribution in [0.4, 0.5) is 5.82 Å². The first-order chi connectivity index (χ1) is 9.76. The molecule has 0 radical (unpaired) electrons. The van der Waals surface area contributed by atoms with Crippen molar-refractivity contribution in [2.45, 2.75) is 25.8 Å². The van der Waals surface area contributed by atoms with E-state index in [1.807, 2.05) is 18.2 Å². The number of aromatic nitrogens is 1. The second kappa shape index (κ2) is 5.43. The maximum absolute atomic E-state index is 12.2. The van der Waals surface area contributed by atoms with Crippen LogP contribution in [0.25, 0.3) is 0 Å². The van der Waals surface area contributed by atoms with Gasteiger partial charge in [-0.05, 0) is 54.2 Å². The van der Waals surface area contributed by atoms with E-state index < -0.39 is 0 Å². The van der Waals surface area contributed by atoms with Crippen LogP contribution in [0.1, 0.15) is 33.5 Å². The van der Waals surface area contributed by atoms with Crippen LogP contribution >= 0.6 is 0 Å². The summed E-state index contributed by atoms with van der Waals surface area (Å²) < 4.78 is 0. The number of hydrogen-bond donors (Lipinski definition) is 2. The van der Waals surface area contributed by atoms with Crippen molar-refractivity contribution in [1.82, 2.24) is 4.98 Å². The summed E-state index contributed by atoms with van der Waals surface area (Å²) in [7, 11) is 0. The van der Waals surface area contributed by atoms with Crippen LogP contribution in [0.15, 0.2) is 36.5 Å². The highest BCUT2D eigenvalue weighted by molar-refractivity contribution is 6.03. The van der Waals surface area contributed by atoms with Gasteiger partial charge in [-0.25, -0.2) is 4.98 Å². The summed E-state index contributed by atoms with van der Waals surface area (Å²) in [6.45, 7) is 0.450. The number of anilines is 1. The molecule has 0 saturated carbocycles. The average Bonchev–Trinajstić information content (AvgIpc) is 2.95. The van der Waals surface area contributed by atoms with E-state index in [0.717, 1.165) is 18.4 Å². The summed E-state index contributed by atoms with van der Waals surface area (Å²) >= 11 is 0. The lowest BCUT2D eigenvalue weighted by Gasteiger charge is -2.07. The fourth-order valence-electron chi connectivity index (χ4n) is 2.52. The lowest BCUT2D eigenvalue weighted by molar-refractivity contribution is 0.102. The molecule has 0 atom stereocenters. The Bertz CT molecular complexity index is 635. The van der Waals surface area contributed by atoms with Gasteiger partial charge in [0.15, 0.2) is 0 Å². The highest BCUT2D eigenvalue weighted by atomic mass is 16.1. The minimum Gasteiger partial charge on any atom is -0.326 e. The molecule has 1 aromatic heterocycles. The van der Waals surface area contributed by atoms with Crippen molar-refractivity contribution >= 4 is 11.7 Å². The molecule has 4 nitrogen and oxygen atoms in total. The van der Waals surface area contributed by atoms with E-state index >= 15 is 0 Å². The van der Waals surface area contributed by atoms with Crippen LogP contribution in [0.3, 0.4) is 0 Å². The Kier molecular flexibility index (Phi) is 3.48. The van der Waals surface area contributed by atoms with Crippen LogP contribution in [0.2, 0.25) is 0 Å². The fourth-order valence-corrected chi connectivity index (χ4v) is 2.52. The van der Waals surface area contributed by atoms with E-state index in [1.165, 1.54) is 17.5 Å². The zero-order chi connectivity index (χ0) is 13.9. The number of nitrogens with zero attached hydrogens (tertiary/aromatic N) is 1. The summed E-state index contributed by atoms with van der Waals surface area (Å²) in [5, 5.41) is 2.81. The Morgan fingerprint density at radius 2 is 2.05 bits per heavy atom. The molecule has 0 bridgehead atoms. The molecule has 1 amide bonds. The average molecular weight is 267 g/mol. The third-order valence-electron chi connectivity index (χ3n) is 3.66. The molecular formula is C16H17N3O. The van der Waals surface area contributed by atoms with Gasteiger partial charge >= 0.3 is 0 Å². The van der Waals surface area contributed by atoms with E-state index in [1.54, 1.807) is 12.3 Å². The summed E-state index contributed by atoms with van der Waals surface area (Å²) in [6, 6.07) is 9.57. The lowest BCUT2D eigenvalue weighted by atomic mass is 10.1. The quantitative estimate of drug-likeness (QED) is 0.896. The van der Waals surface area contributed by atoms with Gasteiger partial charge in [0.1, 0.15) is 5.82 Å². The molecule has 0 fully saturated rings. The predicted molar refractivity (Wildman–Crippen MR) is 78.5 cm³/mol. The van der Waals surface area contributed by atoms with Gasteiger partial charge in [0.2, 0.25) is 0 Å². The largest absolute Gasteiger partial charge is 0.326 e. The van der Waals surface area contributed by atoms with Gasteiger partial charge in [0, 0.05) is 18.3 Å². The van der Waals surface area contributed by atoms with E-state index in [0.29, 0.717) is 17.9 Å². The third kappa shape index (κ3) is 2.56. The van der Waals surface area contributed by atoms with Crippen LogP contribution in [0, 0.1) is 0 Å². The molecule has 1 aliphatic carbocycles. The van der Waals surface area contributed by atoms with Gasteiger partial charge in [-0.1, -0.05) is 12.1 Å². The minimum absolute atomic E-state index is 0.118. The number of aryl methyl sites for hydroxylation is 2. The van der Waals surface area contributed by atoms with Gasteiger partial charge in [0.25, 0.3) is 5.91 Å². The molecule has 1 aliphatic rings. The highest BCUT2D eigenvalue weighted by Crippen LogP contribution is 2.23. The summed E-state index contributed by atoms with van der Waals surface area (Å²) in [6.07, 6.45) is 5.06. The summed E-state index contributed by atoms with van der Waals surface area (Å²) in [5.74, 6) is 0.431. The fraction of sp³-hybridized carbons (Fsp3) is 0.250. The highest BCUT2D eigenvalue weighted by Gasteiger charge is 2.14. The van der Waals surface area contributed by atoms with Gasteiger partial charge in [-0.15, -0.1) is 0 Å². The first-order valence-corrected chi connectivity index (χ1v) is 6.84. The van der Waals surface area contributed by atoms with Gasteiger partial charge in [-0.3, -0.25) is 4.79 Å². The Hall–Kier alpha value is -2.20. The molecule has 4 heteroatoms. The molecule has 2 aromatic rings. The van der Waals surface area contributed by atoms with Crippen LogP contribution in [-0.4, -0.2) is 10.9 Å². The zero-order valence-electron chi connectivity index (χ0n) is 11.2. The van der Waals surface area contributed by atoms with E-state index in [9.17, 15) is 4.79 Å².